The van der Waals surface area contributed by atoms with Gasteiger partial charge >= 0.3 is 0 Å². The molecule has 1 aromatic heterocycles. The number of hydrogen-bond donors (Lipinski definition) is 0. The van der Waals surface area contributed by atoms with Gasteiger partial charge in [0, 0.05) is 25.2 Å². The molecule has 0 saturated carbocycles. The predicted octanol–water partition coefficient (Wildman–Crippen LogP) is 2.77. The van der Waals surface area contributed by atoms with Crippen LogP contribution in [0.2, 0.25) is 5.15 Å². The second-order valence-corrected chi connectivity index (χ2v) is 6.88. The van der Waals surface area contributed by atoms with Crippen LogP contribution in [0.15, 0.2) is 11.2 Å². The lowest BCUT2D eigenvalue weighted by molar-refractivity contribution is 0.102. The molecule has 2 fully saturated rings. The van der Waals surface area contributed by atoms with Crippen molar-refractivity contribution >= 4 is 29.2 Å². The summed E-state index contributed by atoms with van der Waals surface area (Å²) < 4.78 is 0. The molecular formula is C14H21ClN4S. The van der Waals surface area contributed by atoms with E-state index in [-0.39, 0.29) is 0 Å². The molecule has 0 N–H and O–H groups in total. The maximum Gasteiger partial charge on any atom is 0.190 e. The van der Waals surface area contributed by atoms with E-state index >= 15 is 0 Å². The monoisotopic (exact) mass is 312 g/mol. The first-order valence-electron chi connectivity index (χ1n) is 7.21. The standard InChI is InChI=1S/C14H21ClN4S/c1-18-6-3-4-10-9-19(7-5-11(10)18)13-8-12(15)16-14(17-13)20-2/h8,10-11H,3-7,9H2,1-2H3. The molecule has 110 valence electrons. The van der Waals surface area contributed by atoms with E-state index in [1.807, 2.05) is 12.3 Å². The van der Waals surface area contributed by atoms with Gasteiger partial charge in [-0.3, -0.25) is 0 Å². The molecule has 0 spiro atoms. The second-order valence-electron chi connectivity index (χ2n) is 5.72. The minimum absolute atomic E-state index is 0.544. The van der Waals surface area contributed by atoms with Crippen LogP contribution in [0, 0.1) is 5.92 Å². The molecule has 2 unspecified atom stereocenters. The Hall–Kier alpha value is -0.520. The summed E-state index contributed by atoms with van der Waals surface area (Å²) in [4.78, 5) is 13.8. The van der Waals surface area contributed by atoms with Gasteiger partial charge in [0.25, 0.3) is 0 Å². The van der Waals surface area contributed by atoms with Crippen molar-refractivity contribution in [2.24, 2.45) is 5.92 Å². The first-order chi connectivity index (χ1) is 9.67. The van der Waals surface area contributed by atoms with Gasteiger partial charge in [-0.05, 0) is 45.0 Å². The average molecular weight is 313 g/mol. The molecule has 0 amide bonds. The first kappa shape index (κ1) is 14.4. The summed E-state index contributed by atoms with van der Waals surface area (Å²) in [6.07, 6.45) is 5.85. The van der Waals surface area contributed by atoms with Crippen LogP contribution < -0.4 is 4.90 Å². The third-order valence-corrected chi connectivity index (χ3v) is 5.25. The molecule has 20 heavy (non-hydrogen) atoms. The molecule has 4 nitrogen and oxygen atoms in total. The van der Waals surface area contributed by atoms with E-state index in [0.717, 1.165) is 36.0 Å². The average Bonchev–Trinajstić information content (AvgIpc) is 2.46. The van der Waals surface area contributed by atoms with E-state index in [1.165, 1.54) is 25.8 Å². The maximum absolute atomic E-state index is 6.11. The Morgan fingerprint density at radius 3 is 2.95 bits per heavy atom. The summed E-state index contributed by atoms with van der Waals surface area (Å²) in [6, 6.07) is 2.64. The van der Waals surface area contributed by atoms with E-state index in [9.17, 15) is 0 Å². The number of fused-ring (bicyclic) bond motifs is 1. The Balaban J connectivity index is 1.77. The van der Waals surface area contributed by atoms with E-state index in [4.69, 9.17) is 11.6 Å². The van der Waals surface area contributed by atoms with Crippen molar-refractivity contribution in [1.82, 2.24) is 14.9 Å². The van der Waals surface area contributed by atoms with Gasteiger partial charge in [-0.25, -0.2) is 9.97 Å². The highest BCUT2D eigenvalue weighted by molar-refractivity contribution is 7.98. The van der Waals surface area contributed by atoms with Gasteiger partial charge in [-0.15, -0.1) is 0 Å². The molecule has 2 saturated heterocycles. The minimum atomic E-state index is 0.544. The highest BCUT2D eigenvalue weighted by atomic mass is 35.5. The molecule has 1 aromatic rings. The largest absolute Gasteiger partial charge is 0.356 e. The fraction of sp³-hybridized carbons (Fsp3) is 0.714. The van der Waals surface area contributed by atoms with Crippen LogP contribution in [0.4, 0.5) is 5.82 Å². The lowest BCUT2D eigenvalue weighted by Gasteiger charge is -2.46. The normalized spacial score (nSPS) is 27.4. The number of likely N-dealkylation sites (tertiary alicyclic amines) is 1. The van der Waals surface area contributed by atoms with Crippen molar-refractivity contribution in [2.75, 3.05) is 37.8 Å². The molecule has 2 aliphatic heterocycles. The van der Waals surface area contributed by atoms with Gasteiger partial charge in [-0.2, -0.15) is 0 Å². The number of thioether (sulfide) groups is 1. The van der Waals surface area contributed by atoms with Gasteiger partial charge in [-0.1, -0.05) is 23.4 Å². The molecule has 2 atom stereocenters. The molecule has 2 aliphatic rings. The summed E-state index contributed by atoms with van der Waals surface area (Å²) in [6.45, 7) is 3.40. The van der Waals surface area contributed by atoms with Gasteiger partial charge in [0.2, 0.25) is 0 Å². The second kappa shape index (κ2) is 6.08. The summed E-state index contributed by atoms with van der Waals surface area (Å²) in [7, 11) is 2.26. The third kappa shape index (κ3) is 2.90. The molecular weight excluding hydrogens is 292 g/mol. The molecule has 0 radical (unpaired) electrons. The lowest BCUT2D eigenvalue weighted by atomic mass is 9.84. The molecule has 3 rings (SSSR count). The molecule has 0 aromatic carbocycles. The number of aromatic nitrogens is 2. The summed E-state index contributed by atoms with van der Waals surface area (Å²) in [5, 5.41) is 1.30. The fourth-order valence-electron chi connectivity index (χ4n) is 3.50. The zero-order valence-corrected chi connectivity index (χ0v) is 13.6. The minimum Gasteiger partial charge on any atom is -0.356 e. The quantitative estimate of drug-likeness (QED) is 0.476. The van der Waals surface area contributed by atoms with Gasteiger partial charge in [0.05, 0.1) is 0 Å². The van der Waals surface area contributed by atoms with E-state index in [1.54, 1.807) is 11.8 Å². The van der Waals surface area contributed by atoms with Gasteiger partial charge in [0.15, 0.2) is 5.16 Å². The SMILES string of the molecule is CSc1nc(Cl)cc(N2CCC3C(CCCN3C)C2)n1. The van der Waals surface area contributed by atoms with Crippen molar-refractivity contribution in [3.63, 3.8) is 0 Å². The third-order valence-electron chi connectivity index (χ3n) is 4.51. The smallest absolute Gasteiger partial charge is 0.190 e. The summed E-state index contributed by atoms with van der Waals surface area (Å²) >= 11 is 7.65. The van der Waals surface area contributed by atoms with Crippen molar-refractivity contribution < 1.29 is 0 Å². The topological polar surface area (TPSA) is 32.3 Å². The van der Waals surface area contributed by atoms with Crippen LogP contribution >= 0.6 is 23.4 Å². The number of nitrogens with zero attached hydrogens (tertiary/aromatic N) is 4. The highest BCUT2D eigenvalue weighted by Gasteiger charge is 2.34. The molecule has 3 heterocycles. The van der Waals surface area contributed by atoms with E-state index < -0.39 is 0 Å². The van der Waals surface area contributed by atoms with E-state index in [2.05, 4.69) is 26.8 Å². The Morgan fingerprint density at radius 1 is 1.30 bits per heavy atom. The fourth-order valence-corrected chi connectivity index (χ4v) is 4.10. The van der Waals surface area contributed by atoms with Crippen LogP contribution in [-0.2, 0) is 0 Å². The number of anilines is 1. The first-order valence-corrected chi connectivity index (χ1v) is 8.81. The predicted molar refractivity (Wildman–Crippen MR) is 84.8 cm³/mol. The van der Waals surface area contributed by atoms with Crippen LogP contribution in [0.25, 0.3) is 0 Å². The van der Waals surface area contributed by atoms with Crippen LogP contribution in [-0.4, -0.2) is 53.8 Å². The molecule has 6 heteroatoms. The van der Waals surface area contributed by atoms with E-state index in [0.29, 0.717) is 5.15 Å². The van der Waals surface area contributed by atoms with Crippen molar-refractivity contribution in [1.29, 1.82) is 0 Å². The number of rotatable bonds is 2. The van der Waals surface area contributed by atoms with Crippen LogP contribution in [0.5, 0.6) is 0 Å². The Morgan fingerprint density at radius 2 is 2.15 bits per heavy atom. The highest BCUT2D eigenvalue weighted by Crippen LogP contribution is 2.32. The van der Waals surface area contributed by atoms with Crippen LogP contribution in [0.3, 0.4) is 0 Å². The molecule has 0 bridgehead atoms. The zero-order chi connectivity index (χ0) is 14.1. The van der Waals surface area contributed by atoms with Gasteiger partial charge < -0.3 is 9.80 Å². The summed E-state index contributed by atoms with van der Waals surface area (Å²) in [5.74, 6) is 1.75. The zero-order valence-electron chi connectivity index (χ0n) is 12.0. The molecule has 0 aliphatic carbocycles. The number of halogens is 1. The maximum atomic E-state index is 6.11. The summed E-state index contributed by atoms with van der Waals surface area (Å²) in [5.41, 5.74) is 0. The Bertz CT molecular complexity index is 484. The number of hydrogen-bond acceptors (Lipinski definition) is 5. The van der Waals surface area contributed by atoms with Gasteiger partial charge in [0.1, 0.15) is 11.0 Å². The Kier molecular flexibility index (Phi) is 4.38. The Labute approximate surface area is 129 Å². The van der Waals surface area contributed by atoms with Crippen molar-refractivity contribution in [3.05, 3.63) is 11.2 Å². The van der Waals surface area contributed by atoms with Crippen LogP contribution in [0.1, 0.15) is 19.3 Å². The number of piperidine rings is 2. The van der Waals surface area contributed by atoms with Crippen molar-refractivity contribution in [2.45, 2.75) is 30.5 Å². The van der Waals surface area contributed by atoms with Crippen molar-refractivity contribution in [3.8, 4) is 0 Å². The lowest BCUT2D eigenvalue weighted by Crippen LogP contribution is -2.52.